The van der Waals surface area contributed by atoms with Gasteiger partial charge in [0.15, 0.2) is 0 Å². The molecule has 1 unspecified atom stereocenters. The van der Waals surface area contributed by atoms with Gasteiger partial charge in [-0.25, -0.2) is 12.7 Å². The first kappa shape index (κ1) is 16.2. The molecule has 6 nitrogen and oxygen atoms in total. The Morgan fingerprint density at radius 2 is 1.94 bits per heavy atom. The quantitative estimate of drug-likeness (QED) is 0.333. The molecule has 0 aliphatic carbocycles. The minimum atomic E-state index is -3.33. The summed E-state index contributed by atoms with van der Waals surface area (Å²) in [5.41, 5.74) is 5.06. The summed E-state index contributed by atoms with van der Waals surface area (Å²) < 4.78 is 25.4. The van der Waals surface area contributed by atoms with E-state index in [0.29, 0.717) is 0 Å². The number of sulfonamides is 1. The summed E-state index contributed by atoms with van der Waals surface area (Å²) in [4.78, 5) is 0. The summed E-state index contributed by atoms with van der Waals surface area (Å²) in [7, 11) is -1.82. The highest BCUT2D eigenvalue weighted by molar-refractivity contribution is 7.89. The lowest BCUT2D eigenvalue weighted by molar-refractivity contribution is 0.313. The molecule has 0 radical (unpaired) electrons. The van der Waals surface area contributed by atoms with Crippen molar-refractivity contribution in [2.45, 2.75) is 40.2 Å². The largest absolute Gasteiger partial charge is 0.409 e. The molecule has 0 rings (SSSR count). The minimum Gasteiger partial charge on any atom is -0.409 e. The standard InChI is InChI=1S/C10H23N3O3S/c1-8(6-9(11)12-14)13(5)17(15,16)7-10(2,3)4/h8,14H,6-7H2,1-5H3,(H2,11,12). The number of rotatable bonds is 5. The molecule has 0 spiro atoms. The fourth-order valence-electron chi connectivity index (χ4n) is 1.40. The Hall–Kier alpha value is -0.820. The highest BCUT2D eigenvalue weighted by Crippen LogP contribution is 2.19. The summed E-state index contributed by atoms with van der Waals surface area (Å²) in [6, 6.07) is -0.335. The SMILES string of the molecule is CC(CC(N)=NO)N(C)S(=O)(=O)CC(C)(C)C. The predicted octanol–water partition coefficient (Wildman–Crippen LogP) is 0.819. The van der Waals surface area contributed by atoms with Crippen LogP contribution in [0.15, 0.2) is 5.16 Å². The molecular weight excluding hydrogens is 242 g/mol. The van der Waals surface area contributed by atoms with Crippen molar-refractivity contribution in [2.75, 3.05) is 12.8 Å². The molecule has 0 bridgehead atoms. The van der Waals surface area contributed by atoms with Gasteiger partial charge in [-0.1, -0.05) is 25.9 Å². The van der Waals surface area contributed by atoms with E-state index in [2.05, 4.69) is 5.16 Å². The van der Waals surface area contributed by atoms with Crippen LogP contribution in [0.5, 0.6) is 0 Å². The molecule has 0 amide bonds. The number of nitrogens with two attached hydrogens (primary N) is 1. The zero-order chi connectivity index (χ0) is 13.9. The van der Waals surface area contributed by atoms with Crippen LogP contribution in [0.25, 0.3) is 0 Å². The third-order valence-electron chi connectivity index (χ3n) is 2.31. The van der Waals surface area contributed by atoms with Crippen LogP contribution < -0.4 is 5.73 Å². The van der Waals surface area contributed by atoms with E-state index in [1.807, 2.05) is 20.8 Å². The predicted molar refractivity (Wildman–Crippen MR) is 68.5 cm³/mol. The molecular formula is C10H23N3O3S. The third kappa shape index (κ3) is 5.88. The molecule has 0 aliphatic rings. The van der Waals surface area contributed by atoms with Gasteiger partial charge in [0, 0.05) is 19.5 Å². The van der Waals surface area contributed by atoms with Crippen LogP contribution in [-0.2, 0) is 10.0 Å². The number of hydrogen-bond acceptors (Lipinski definition) is 4. The van der Waals surface area contributed by atoms with Crippen LogP contribution in [0.3, 0.4) is 0 Å². The number of hydrogen-bond donors (Lipinski definition) is 2. The van der Waals surface area contributed by atoms with Gasteiger partial charge < -0.3 is 10.9 Å². The third-order valence-corrected chi connectivity index (χ3v) is 4.78. The second-order valence-electron chi connectivity index (χ2n) is 5.48. The van der Waals surface area contributed by atoms with Gasteiger partial charge in [-0.15, -0.1) is 0 Å². The van der Waals surface area contributed by atoms with E-state index in [9.17, 15) is 8.42 Å². The number of nitrogens with zero attached hydrogens (tertiary/aromatic N) is 2. The Kier molecular flexibility index (Phi) is 5.41. The Balaban J connectivity index is 4.75. The summed E-state index contributed by atoms with van der Waals surface area (Å²) in [6.07, 6.45) is 0.205. The van der Waals surface area contributed by atoms with Crippen molar-refractivity contribution in [2.24, 2.45) is 16.3 Å². The Bertz CT molecular complexity index is 371. The van der Waals surface area contributed by atoms with Crippen molar-refractivity contribution < 1.29 is 13.6 Å². The highest BCUT2D eigenvalue weighted by Gasteiger charge is 2.28. The lowest BCUT2D eigenvalue weighted by Gasteiger charge is -2.27. The maximum absolute atomic E-state index is 12.0. The van der Waals surface area contributed by atoms with Crippen LogP contribution in [0.4, 0.5) is 0 Å². The maximum Gasteiger partial charge on any atom is 0.214 e. The van der Waals surface area contributed by atoms with Gasteiger partial charge in [0.2, 0.25) is 10.0 Å². The zero-order valence-electron chi connectivity index (χ0n) is 11.1. The van der Waals surface area contributed by atoms with Crippen LogP contribution in [0, 0.1) is 5.41 Å². The molecule has 17 heavy (non-hydrogen) atoms. The molecule has 7 heteroatoms. The Labute approximate surface area is 104 Å². The van der Waals surface area contributed by atoms with Gasteiger partial charge in [0.25, 0.3) is 0 Å². The molecule has 0 aliphatic heterocycles. The fraction of sp³-hybridized carbons (Fsp3) is 0.900. The Morgan fingerprint density at radius 3 is 2.29 bits per heavy atom. The van der Waals surface area contributed by atoms with Gasteiger partial charge in [0.05, 0.1) is 5.75 Å². The summed E-state index contributed by atoms with van der Waals surface area (Å²) in [6.45, 7) is 7.32. The maximum atomic E-state index is 12.0. The van der Waals surface area contributed by atoms with E-state index in [0.717, 1.165) is 0 Å². The molecule has 1 atom stereocenters. The van der Waals surface area contributed by atoms with Crippen molar-refractivity contribution in [1.29, 1.82) is 0 Å². The lowest BCUT2D eigenvalue weighted by atomic mass is 10.0. The van der Waals surface area contributed by atoms with Crippen molar-refractivity contribution >= 4 is 15.9 Å². The van der Waals surface area contributed by atoms with Gasteiger partial charge in [-0.2, -0.15) is 0 Å². The van der Waals surface area contributed by atoms with E-state index in [4.69, 9.17) is 10.9 Å². The van der Waals surface area contributed by atoms with Crippen molar-refractivity contribution in [3.8, 4) is 0 Å². The van der Waals surface area contributed by atoms with Gasteiger partial charge in [0.1, 0.15) is 5.84 Å². The summed E-state index contributed by atoms with van der Waals surface area (Å²) in [5, 5.41) is 11.3. The van der Waals surface area contributed by atoms with Crippen LogP contribution >= 0.6 is 0 Å². The molecule has 0 fully saturated rings. The molecule has 3 N–H and O–H groups in total. The molecule has 0 aromatic carbocycles. The van der Waals surface area contributed by atoms with Crippen molar-refractivity contribution in [3.05, 3.63) is 0 Å². The number of amidine groups is 1. The molecule has 0 saturated carbocycles. The topological polar surface area (TPSA) is 96.0 Å². The number of oxime groups is 1. The average molecular weight is 265 g/mol. The molecule has 0 aromatic heterocycles. The second kappa shape index (κ2) is 5.68. The van der Waals surface area contributed by atoms with Crippen LogP contribution in [-0.4, -0.2) is 42.6 Å². The highest BCUT2D eigenvalue weighted by atomic mass is 32.2. The molecule has 0 saturated heterocycles. The first-order chi connectivity index (χ1) is 7.49. The Morgan fingerprint density at radius 1 is 1.47 bits per heavy atom. The van der Waals surface area contributed by atoms with Gasteiger partial charge >= 0.3 is 0 Å². The zero-order valence-corrected chi connectivity index (χ0v) is 12.0. The summed E-state index contributed by atoms with van der Waals surface area (Å²) >= 11 is 0. The smallest absolute Gasteiger partial charge is 0.214 e. The second-order valence-corrected chi connectivity index (χ2v) is 7.51. The van der Waals surface area contributed by atoms with E-state index in [-0.39, 0.29) is 29.5 Å². The first-order valence-electron chi connectivity index (χ1n) is 5.41. The van der Waals surface area contributed by atoms with Crippen molar-refractivity contribution in [3.63, 3.8) is 0 Å². The van der Waals surface area contributed by atoms with E-state index in [1.165, 1.54) is 11.4 Å². The normalized spacial score (nSPS) is 16.2. The monoisotopic (exact) mass is 265 g/mol. The molecule has 0 heterocycles. The van der Waals surface area contributed by atoms with Crippen LogP contribution in [0.2, 0.25) is 0 Å². The molecule has 0 aromatic rings. The van der Waals surface area contributed by atoms with Gasteiger partial charge in [-0.05, 0) is 12.3 Å². The van der Waals surface area contributed by atoms with Gasteiger partial charge in [-0.3, -0.25) is 0 Å². The average Bonchev–Trinajstić information content (AvgIpc) is 2.12. The van der Waals surface area contributed by atoms with Crippen molar-refractivity contribution in [1.82, 2.24) is 4.31 Å². The van der Waals surface area contributed by atoms with E-state index in [1.54, 1.807) is 6.92 Å². The van der Waals surface area contributed by atoms with E-state index < -0.39 is 10.0 Å². The minimum absolute atomic E-state index is 0.0234. The van der Waals surface area contributed by atoms with E-state index >= 15 is 0 Å². The fourth-order valence-corrected chi connectivity index (χ4v) is 3.32. The molecule has 102 valence electrons. The summed E-state index contributed by atoms with van der Waals surface area (Å²) in [5.74, 6) is 0.0899. The first-order valence-corrected chi connectivity index (χ1v) is 7.02. The van der Waals surface area contributed by atoms with Crippen LogP contribution in [0.1, 0.15) is 34.1 Å². The lowest BCUT2D eigenvalue weighted by Crippen LogP contribution is -2.41.